The van der Waals surface area contributed by atoms with Gasteiger partial charge in [0.15, 0.2) is 5.43 Å². The Kier molecular flexibility index (Phi) is 4.48. The average molecular weight is 390 g/mol. The Balaban J connectivity index is 1.72. The van der Waals surface area contributed by atoms with E-state index in [9.17, 15) is 4.79 Å². The van der Waals surface area contributed by atoms with E-state index in [1.165, 1.54) is 11.1 Å². The minimum absolute atomic E-state index is 0.0495. The Morgan fingerprint density at radius 3 is 2.17 bits per heavy atom. The van der Waals surface area contributed by atoms with Crippen LogP contribution in [0.15, 0.2) is 88.1 Å². The van der Waals surface area contributed by atoms with Crippen LogP contribution in [-0.4, -0.2) is 0 Å². The molecule has 0 saturated heterocycles. The highest BCUT2D eigenvalue weighted by atomic mass is 16.3. The predicted octanol–water partition coefficient (Wildman–Crippen LogP) is 6.73. The van der Waals surface area contributed by atoms with E-state index in [0.29, 0.717) is 28.7 Å². The molecule has 1 heterocycles. The molecule has 2 heteroatoms. The first-order valence-corrected chi connectivity index (χ1v) is 10.2. The molecule has 1 aliphatic carbocycles. The number of hydrogen-bond acceptors (Lipinski definition) is 2. The van der Waals surface area contributed by atoms with E-state index >= 15 is 0 Å². The molecule has 1 aliphatic rings. The fourth-order valence-electron chi connectivity index (χ4n) is 4.00. The molecule has 0 amide bonds. The van der Waals surface area contributed by atoms with Gasteiger partial charge in [0.25, 0.3) is 0 Å². The Morgan fingerprint density at radius 2 is 1.47 bits per heavy atom. The van der Waals surface area contributed by atoms with Crippen LogP contribution >= 0.6 is 0 Å². The summed E-state index contributed by atoms with van der Waals surface area (Å²) in [5.74, 6) is 0.647. The molecule has 30 heavy (non-hydrogen) atoms. The summed E-state index contributed by atoms with van der Waals surface area (Å²) in [6, 6.07) is 22.5. The van der Waals surface area contributed by atoms with Gasteiger partial charge in [-0.3, -0.25) is 4.79 Å². The van der Waals surface area contributed by atoms with Gasteiger partial charge in [-0.1, -0.05) is 83.9 Å². The van der Waals surface area contributed by atoms with E-state index in [0.717, 1.165) is 22.3 Å². The van der Waals surface area contributed by atoms with Gasteiger partial charge in [-0.15, -0.1) is 0 Å². The zero-order valence-corrected chi connectivity index (χ0v) is 17.1. The van der Waals surface area contributed by atoms with E-state index in [2.05, 4.69) is 74.5 Å². The SMILES string of the molecule is Cc1ccc(C2=Cc3oc4cccc(-c5ccc(C)cc5)c4c(=O)c3CC=C2)cc1. The molecule has 0 saturated carbocycles. The van der Waals surface area contributed by atoms with Crippen molar-refractivity contribution in [1.29, 1.82) is 0 Å². The Labute approximate surface area is 175 Å². The van der Waals surface area contributed by atoms with Gasteiger partial charge in [-0.05, 0) is 54.7 Å². The maximum Gasteiger partial charge on any atom is 0.197 e. The summed E-state index contributed by atoms with van der Waals surface area (Å²) in [5, 5.41) is 0.653. The fraction of sp³-hybridized carbons (Fsp3) is 0.107. The second-order valence-electron chi connectivity index (χ2n) is 7.89. The summed E-state index contributed by atoms with van der Waals surface area (Å²) in [6.45, 7) is 4.14. The third kappa shape index (κ3) is 3.21. The second-order valence-corrected chi connectivity index (χ2v) is 7.89. The maximum atomic E-state index is 13.6. The summed E-state index contributed by atoms with van der Waals surface area (Å²) in [7, 11) is 0. The summed E-state index contributed by atoms with van der Waals surface area (Å²) in [4.78, 5) is 13.6. The number of aryl methyl sites for hydroxylation is 2. The van der Waals surface area contributed by atoms with Crippen LogP contribution in [0.25, 0.3) is 33.7 Å². The van der Waals surface area contributed by atoms with Crippen LogP contribution in [-0.2, 0) is 6.42 Å². The Morgan fingerprint density at radius 1 is 0.800 bits per heavy atom. The zero-order chi connectivity index (χ0) is 20.7. The first kappa shape index (κ1) is 18.4. The Hall–Kier alpha value is -3.65. The number of rotatable bonds is 2. The summed E-state index contributed by atoms with van der Waals surface area (Å²) in [6.07, 6.45) is 6.67. The van der Waals surface area contributed by atoms with Crippen LogP contribution in [0.3, 0.4) is 0 Å². The molecule has 5 rings (SSSR count). The molecular weight excluding hydrogens is 368 g/mol. The van der Waals surface area contributed by atoms with Crippen LogP contribution in [0.1, 0.15) is 28.0 Å². The van der Waals surface area contributed by atoms with Crippen molar-refractivity contribution >= 4 is 22.6 Å². The molecule has 0 aliphatic heterocycles. The largest absolute Gasteiger partial charge is 0.456 e. The molecule has 1 aromatic heterocycles. The highest BCUT2D eigenvalue weighted by Gasteiger charge is 2.18. The van der Waals surface area contributed by atoms with Gasteiger partial charge in [0.05, 0.1) is 5.39 Å². The van der Waals surface area contributed by atoms with Crippen molar-refractivity contribution in [2.45, 2.75) is 20.3 Å². The molecule has 0 spiro atoms. The zero-order valence-electron chi connectivity index (χ0n) is 17.1. The quantitative estimate of drug-likeness (QED) is 0.380. The van der Waals surface area contributed by atoms with Crippen molar-refractivity contribution < 1.29 is 4.42 Å². The molecule has 0 unspecified atom stereocenters. The minimum atomic E-state index is 0.0495. The van der Waals surface area contributed by atoms with Crippen molar-refractivity contribution in [1.82, 2.24) is 0 Å². The van der Waals surface area contributed by atoms with Crippen LogP contribution in [0.5, 0.6) is 0 Å². The van der Waals surface area contributed by atoms with Gasteiger partial charge in [0.2, 0.25) is 0 Å². The Bertz CT molecular complexity index is 1370. The van der Waals surface area contributed by atoms with Gasteiger partial charge < -0.3 is 4.42 Å². The molecule has 0 atom stereocenters. The van der Waals surface area contributed by atoms with Crippen molar-refractivity contribution in [3.05, 3.63) is 117 Å². The molecule has 0 fully saturated rings. The minimum Gasteiger partial charge on any atom is -0.456 e. The summed E-state index contributed by atoms with van der Waals surface area (Å²) < 4.78 is 6.29. The van der Waals surface area contributed by atoms with E-state index < -0.39 is 0 Å². The van der Waals surface area contributed by atoms with E-state index in [1.807, 2.05) is 24.3 Å². The van der Waals surface area contributed by atoms with Crippen LogP contribution < -0.4 is 5.43 Å². The highest BCUT2D eigenvalue weighted by Crippen LogP contribution is 2.31. The third-order valence-corrected chi connectivity index (χ3v) is 5.70. The summed E-state index contributed by atoms with van der Waals surface area (Å²) >= 11 is 0. The van der Waals surface area contributed by atoms with Crippen molar-refractivity contribution in [2.24, 2.45) is 0 Å². The van der Waals surface area contributed by atoms with Crippen LogP contribution in [0.2, 0.25) is 0 Å². The lowest BCUT2D eigenvalue weighted by molar-refractivity contribution is 0.584. The molecule has 146 valence electrons. The van der Waals surface area contributed by atoms with E-state index in [4.69, 9.17) is 4.42 Å². The molecule has 3 aromatic carbocycles. The standard InChI is InChI=1S/C28H22O2/c1-18-9-13-20(14-10-18)22-5-3-7-24-26(17-22)30-25-8-4-6-23(27(25)28(24)29)21-15-11-19(2)12-16-21/h3-6,8-17H,7H2,1-2H3. The van der Waals surface area contributed by atoms with Crippen LogP contribution in [0.4, 0.5) is 0 Å². The van der Waals surface area contributed by atoms with Gasteiger partial charge in [-0.25, -0.2) is 0 Å². The van der Waals surface area contributed by atoms with Crippen LogP contribution in [0, 0.1) is 13.8 Å². The second kappa shape index (κ2) is 7.31. The highest BCUT2D eigenvalue weighted by molar-refractivity contribution is 5.95. The molecule has 4 aromatic rings. The lowest BCUT2D eigenvalue weighted by atomic mass is 9.97. The normalized spacial score (nSPS) is 13.1. The lowest BCUT2D eigenvalue weighted by Gasteiger charge is -2.10. The van der Waals surface area contributed by atoms with Gasteiger partial charge >= 0.3 is 0 Å². The smallest absolute Gasteiger partial charge is 0.197 e. The number of fused-ring (bicyclic) bond motifs is 2. The third-order valence-electron chi connectivity index (χ3n) is 5.70. The molecule has 0 N–H and O–H groups in total. The number of allylic oxidation sites excluding steroid dienone is 3. The number of hydrogen-bond donors (Lipinski definition) is 0. The predicted molar refractivity (Wildman–Crippen MR) is 125 cm³/mol. The van der Waals surface area contributed by atoms with E-state index in [-0.39, 0.29) is 5.43 Å². The topological polar surface area (TPSA) is 30.2 Å². The van der Waals surface area contributed by atoms with Crippen molar-refractivity contribution in [3.8, 4) is 11.1 Å². The van der Waals surface area contributed by atoms with Gasteiger partial charge in [0, 0.05) is 5.56 Å². The monoisotopic (exact) mass is 390 g/mol. The molecular formula is C28H22O2. The van der Waals surface area contributed by atoms with Crippen molar-refractivity contribution in [3.63, 3.8) is 0 Å². The summed E-state index contributed by atoms with van der Waals surface area (Å²) in [5.41, 5.74) is 7.90. The lowest BCUT2D eigenvalue weighted by Crippen LogP contribution is -2.11. The van der Waals surface area contributed by atoms with E-state index in [1.54, 1.807) is 0 Å². The first-order valence-electron chi connectivity index (χ1n) is 10.2. The molecule has 0 bridgehead atoms. The average Bonchev–Trinajstić information content (AvgIpc) is 2.97. The molecule has 2 nitrogen and oxygen atoms in total. The number of benzene rings is 3. The van der Waals surface area contributed by atoms with Gasteiger partial charge in [-0.2, -0.15) is 0 Å². The van der Waals surface area contributed by atoms with Gasteiger partial charge in [0.1, 0.15) is 11.3 Å². The molecule has 0 radical (unpaired) electrons. The first-order chi connectivity index (χ1) is 14.6. The van der Waals surface area contributed by atoms with Crippen molar-refractivity contribution in [2.75, 3.05) is 0 Å². The fourth-order valence-corrected chi connectivity index (χ4v) is 4.00. The maximum absolute atomic E-state index is 13.6.